The molecule has 1 N–H and O–H groups in total. The normalized spacial score (nSPS) is 18.6. The monoisotopic (exact) mass is 292 g/mol. The van der Waals surface area contributed by atoms with Gasteiger partial charge in [-0.25, -0.2) is 0 Å². The number of aliphatic hydroxyl groups is 1. The van der Waals surface area contributed by atoms with E-state index in [-0.39, 0.29) is 12.5 Å². The Morgan fingerprint density at radius 1 is 1.30 bits per heavy atom. The Morgan fingerprint density at radius 2 is 2.15 bits per heavy atom. The molecule has 20 heavy (non-hydrogen) atoms. The summed E-state index contributed by atoms with van der Waals surface area (Å²) < 4.78 is 10.7. The highest BCUT2D eigenvalue weighted by molar-refractivity contribution is 7.99. The maximum Gasteiger partial charge on any atom is 0.257 e. The quantitative estimate of drug-likeness (QED) is 0.853. The summed E-state index contributed by atoms with van der Waals surface area (Å²) in [4.78, 5) is 5.57. The molecule has 3 rings (SSSR count). The van der Waals surface area contributed by atoms with Crippen LogP contribution in [-0.2, 0) is 4.74 Å². The highest BCUT2D eigenvalue weighted by Crippen LogP contribution is 2.27. The molecule has 0 aliphatic carbocycles. The number of hydrogen-bond donors (Lipinski definition) is 1. The number of aliphatic hydroxyl groups excluding tert-OH is 1. The molecule has 2 heterocycles. The van der Waals surface area contributed by atoms with E-state index in [1.54, 1.807) is 11.8 Å². The summed E-state index contributed by atoms with van der Waals surface area (Å²) >= 11 is 1.62. The van der Waals surface area contributed by atoms with Gasteiger partial charge in [-0.15, -0.1) is 11.8 Å². The molecule has 1 fully saturated rings. The lowest BCUT2D eigenvalue weighted by Gasteiger charge is -2.00. The highest BCUT2D eigenvalue weighted by Gasteiger charge is 2.23. The first-order valence-electron chi connectivity index (χ1n) is 6.62. The first kappa shape index (κ1) is 13.6. The lowest BCUT2D eigenvalue weighted by Crippen LogP contribution is -1.99. The molecule has 0 radical (unpaired) electrons. The van der Waals surface area contributed by atoms with Gasteiger partial charge in [-0.1, -0.05) is 5.16 Å². The zero-order valence-electron chi connectivity index (χ0n) is 11.0. The van der Waals surface area contributed by atoms with Crippen LogP contribution in [0.15, 0.2) is 33.7 Å². The van der Waals surface area contributed by atoms with Crippen molar-refractivity contribution in [2.75, 3.05) is 25.6 Å². The van der Waals surface area contributed by atoms with Crippen molar-refractivity contribution in [1.29, 1.82) is 0 Å². The SMILES string of the molecule is OCCSc1ccc(-c2nc(C3CCOC3)no2)cc1. The Hall–Kier alpha value is -1.37. The first-order chi connectivity index (χ1) is 9.86. The third-order valence-electron chi connectivity index (χ3n) is 3.20. The van der Waals surface area contributed by atoms with Gasteiger partial charge in [0.2, 0.25) is 0 Å². The van der Waals surface area contributed by atoms with Crippen LogP contribution in [0.4, 0.5) is 0 Å². The van der Waals surface area contributed by atoms with Crippen molar-refractivity contribution in [3.8, 4) is 11.5 Å². The van der Waals surface area contributed by atoms with Gasteiger partial charge in [-0.3, -0.25) is 0 Å². The van der Waals surface area contributed by atoms with Crippen LogP contribution in [-0.4, -0.2) is 40.8 Å². The van der Waals surface area contributed by atoms with Gasteiger partial charge in [0.1, 0.15) is 0 Å². The molecule has 1 aliphatic rings. The number of ether oxygens (including phenoxy) is 1. The summed E-state index contributed by atoms with van der Waals surface area (Å²) in [5.41, 5.74) is 0.913. The fourth-order valence-electron chi connectivity index (χ4n) is 2.11. The summed E-state index contributed by atoms with van der Waals surface area (Å²) in [7, 11) is 0. The molecule has 1 atom stereocenters. The van der Waals surface area contributed by atoms with E-state index < -0.39 is 0 Å². The second-order valence-corrected chi connectivity index (χ2v) is 5.78. The topological polar surface area (TPSA) is 68.4 Å². The maximum absolute atomic E-state index is 8.80. The average Bonchev–Trinajstić information content (AvgIpc) is 3.16. The van der Waals surface area contributed by atoms with Gasteiger partial charge in [0.15, 0.2) is 5.82 Å². The summed E-state index contributed by atoms with van der Waals surface area (Å²) in [6.45, 7) is 1.63. The van der Waals surface area contributed by atoms with E-state index in [1.165, 1.54) is 0 Å². The van der Waals surface area contributed by atoms with E-state index >= 15 is 0 Å². The molecule has 0 saturated carbocycles. The second-order valence-electron chi connectivity index (χ2n) is 4.61. The van der Waals surface area contributed by atoms with Gasteiger partial charge < -0.3 is 14.4 Å². The minimum Gasteiger partial charge on any atom is -0.396 e. The van der Waals surface area contributed by atoms with E-state index in [0.29, 0.717) is 18.3 Å². The molecular formula is C14H16N2O3S. The van der Waals surface area contributed by atoms with Crippen LogP contribution < -0.4 is 0 Å². The van der Waals surface area contributed by atoms with Gasteiger partial charge in [0.05, 0.1) is 13.2 Å². The Kier molecular flexibility index (Phi) is 4.34. The summed E-state index contributed by atoms with van der Waals surface area (Å²) in [5, 5.41) is 12.8. The Morgan fingerprint density at radius 3 is 2.85 bits per heavy atom. The van der Waals surface area contributed by atoms with Crippen molar-refractivity contribution in [2.24, 2.45) is 0 Å². The van der Waals surface area contributed by atoms with Gasteiger partial charge >= 0.3 is 0 Å². The number of aromatic nitrogens is 2. The van der Waals surface area contributed by atoms with E-state index in [4.69, 9.17) is 14.4 Å². The van der Waals surface area contributed by atoms with Gasteiger partial charge in [0, 0.05) is 28.7 Å². The Balaban J connectivity index is 1.72. The summed E-state index contributed by atoms with van der Waals surface area (Å²) in [6.07, 6.45) is 0.954. The van der Waals surface area contributed by atoms with E-state index in [2.05, 4.69) is 10.1 Å². The molecule has 0 amide bonds. The van der Waals surface area contributed by atoms with Crippen molar-refractivity contribution < 1.29 is 14.4 Å². The lowest BCUT2D eigenvalue weighted by molar-refractivity contribution is 0.192. The molecule has 1 aliphatic heterocycles. The van der Waals surface area contributed by atoms with Gasteiger partial charge in [0.25, 0.3) is 5.89 Å². The van der Waals surface area contributed by atoms with Crippen molar-refractivity contribution in [3.63, 3.8) is 0 Å². The molecule has 1 aromatic heterocycles. The molecule has 106 valence electrons. The summed E-state index contributed by atoms with van der Waals surface area (Å²) in [5.74, 6) is 2.24. The molecule has 0 bridgehead atoms. The largest absolute Gasteiger partial charge is 0.396 e. The maximum atomic E-state index is 8.80. The third-order valence-corrected chi connectivity index (χ3v) is 4.19. The van der Waals surface area contributed by atoms with Crippen molar-refractivity contribution in [2.45, 2.75) is 17.2 Å². The fourth-order valence-corrected chi connectivity index (χ4v) is 2.77. The van der Waals surface area contributed by atoms with E-state index in [1.807, 2.05) is 24.3 Å². The first-order valence-corrected chi connectivity index (χ1v) is 7.61. The van der Waals surface area contributed by atoms with Crippen molar-refractivity contribution >= 4 is 11.8 Å². The third kappa shape index (κ3) is 3.03. The summed E-state index contributed by atoms with van der Waals surface area (Å²) in [6, 6.07) is 7.92. The van der Waals surface area contributed by atoms with Crippen LogP contribution in [0.2, 0.25) is 0 Å². The molecule has 1 unspecified atom stereocenters. The lowest BCUT2D eigenvalue weighted by atomic mass is 10.1. The molecule has 5 nitrogen and oxygen atoms in total. The number of thioether (sulfide) groups is 1. The predicted octanol–water partition coefficient (Wildman–Crippen LogP) is 2.32. The van der Waals surface area contributed by atoms with Crippen LogP contribution in [0.5, 0.6) is 0 Å². The van der Waals surface area contributed by atoms with E-state index in [0.717, 1.165) is 29.3 Å². The Bertz CT molecular complexity index is 550. The minimum absolute atomic E-state index is 0.183. The smallest absolute Gasteiger partial charge is 0.257 e. The second kappa shape index (κ2) is 6.39. The van der Waals surface area contributed by atoms with E-state index in [9.17, 15) is 0 Å². The molecule has 0 spiro atoms. The zero-order valence-corrected chi connectivity index (χ0v) is 11.8. The van der Waals surface area contributed by atoms with Crippen LogP contribution in [0.25, 0.3) is 11.5 Å². The van der Waals surface area contributed by atoms with Gasteiger partial charge in [-0.05, 0) is 30.7 Å². The molecule has 1 saturated heterocycles. The van der Waals surface area contributed by atoms with Gasteiger partial charge in [-0.2, -0.15) is 4.98 Å². The predicted molar refractivity (Wildman–Crippen MR) is 75.7 cm³/mol. The number of nitrogens with zero attached hydrogens (tertiary/aromatic N) is 2. The number of rotatable bonds is 5. The van der Waals surface area contributed by atoms with Crippen molar-refractivity contribution in [1.82, 2.24) is 10.1 Å². The van der Waals surface area contributed by atoms with Crippen LogP contribution in [0.3, 0.4) is 0 Å². The zero-order chi connectivity index (χ0) is 13.8. The van der Waals surface area contributed by atoms with Crippen LogP contribution in [0, 0.1) is 0 Å². The van der Waals surface area contributed by atoms with Crippen LogP contribution >= 0.6 is 11.8 Å². The average molecular weight is 292 g/mol. The molecule has 6 heteroatoms. The number of hydrogen-bond acceptors (Lipinski definition) is 6. The number of benzene rings is 1. The standard InChI is InChI=1S/C14H16N2O3S/c17-6-8-20-12-3-1-10(2-4-12)14-15-13(16-19-14)11-5-7-18-9-11/h1-4,11,17H,5-9H2. The van der Waals surface area contributed by atoms with Crippen molar-refractivity contribution in [3.05, 3.63) is 30.1 Å². The molecular weight excluding hydrogens is 276 g/mol. The van der Waals surface area contributed by atoms with Crippen LogP contribution in [0.1, 0.15) is 18.2 Å². The Labute approximate surface area is 121 Å². The highest BCUT2D eigenvalue weighted by atomic mass is 32.2. The minimum atomic E-state index is 0.183. The molecule has 1 aromatic carbocycles. The fraction of sp³-hybridized carbons (Fsp3) is 0.429. The molecule has 2 aromatic rings.